The Morgan fingerprint density at radius 3 is 1.84 bits per heavy atom. The fraction of sp³-hybridized carbons (Fsp3) is 0.241. The average Bonchev–Trinajstić information content (AvgIpc) is 3.11. The van der Waals surface area contributed by atoms with Gasteiger partial charge in [-0.25, -0.2) is 17.9 Å². The van der Waals surface area contributed by atoms with Gasteiger partial charge in [-0.1, -0.05) is 5.04 Å². The first-order valence-electron chi connectivity index (χ1n) is 14.7. The van der Waals surface area contributed by atoms with Crippen molar-refractivity contribution in [2.75, 3.05) is 46.5 Å². The van der Waals surface area contributed by atoms with Crippen molar-refractivity contribution in [3.63, 3.8) is 0 Å². The van der Waals surface area contributed by atoms with Crippen LogP contribution in [-0.4, -0.2) is 85.5 Å². The van der Waals surface area contributed by atoms with Gasteiger partial charge < -0.3 is 29.8 Å². The van der Waals surface area contributed by atoms with E-state index in [9.17, 15) is 34.9 Å². The Morgan fingerprint density at radius 1 is 0.727 bits per heavy atom. The minimum absolute atomic E-state index is 0.104. The third-order valence-corrected chi connectivity index (χ3v) is 11.0. The van der Waals surface area contributed by atoms with Crippen LogP contribution in [0.3, 0.4) is 0 Å². The number of sulfone groups is 1. The number of aromatic hydroxyl groups is 1. The number of ether oxygens (including phenoxy) is 4. The molecular formula is C29H31N5O17S4. The van der Waals surface area contributed by atoms with Crippen LogP contribution in [0.25, 0.3) is 10.8 Å². The Balaban J connectivity index is 1.93. The number of benzene rings is 4. The van der Waals surface area contributed by atoms with Crippen LogP contribution in [0.5, 0.6) is 28.7 Å². The zero-order valence-electron chi connectivity index (χ0n) is 29.0. The van der Waals surface area contributed by atoms with Gasteiger partial charge in [0, 0.05) is 18.2 Å². The van der Waals surface area contributed by atoms with Gasteiger partial charge in [-0.2, -0.15) is 16.8 Å². The molecule has 0 fully saturated rings. The van der Waals surface area contributed by atoms with Gasteiger partial charge in [0.2, 0.25) is 0 Å². The summed E-state index contributed by atoms with van der Waals surface area (Å²) in [6.45, 7) is 0.819. The highest BCUT2D eigenvalue weighted by atomic mass is 32.3. The van der Waals surface area contributed by atoms with Gasteiger partial charge in [-0.15, -0.1) is 24.8 Å². The monoisotopic (exact) mass is 849 g/mol. The minimum atomic E-state index is -5.14. The average molecular weight is 850 g/mol. The number of phenols is 1. The first kappa shape index (κ1) is 42.8. The maximum atomic E-state index is 13.0. The van der Waals surface area contributed by atoms with E-state index in [0.717, 1.165) is 32.4 Å². The Morgan fingerprint density at radius 2 is 1.29 bits per heavy atom. The van der Waals surface area contributed by atoms with Gasteiger partial charge in [-0.05, 0) is 36.1 Å². The Labute approximate surface area is 317 Å². The van der Waals surface area contributed by atoms with Crippen LogP contribution < -0.4 is 24.7 Å². The van der Waals surface area contributed by atoms with Gasteiger partial charge in [0.1, 0.15) is 55.5 Å². The molecule has 4 aromatic carbocycles. The lowest BCUT2D eigenvalue weighted by Crippen LogP contribution is -2.16. The SMILES string of the molecule is COc1cc(N=Nc2c(SOOO)cc3cc(S(=O)(=O)O)c(N=Nc4cc(OC)c(S(=O)(=O)CCOS(=O)(=O)O)cc4OC)c(N)c3c2O)c(OC)cc1C. The molecule has 0 spiro atoms. The van der Waals surface area contributed by atoms with Crippen molar-refractivity contribution in [3.8, 4) is 28.7 Å². The summed E-state index contributed by atoms with van der Waals surface area (Å²) in [5, 5.41) is 39.8. The highest BCUT2D eigenvalue weighted by Gasteiger charge is 2.27. The van der Waals surface area contributed by atoms with Crippen LogP contribution in [0.4, 0.5) is 28.4 Å². The Hall–Kier alpha value is -4.90. The lowest BCUT2D eigenvalue weighted by Gasteiger charge is -2.15. The number of methoxy groups -OCH3 is 4. The molecule has 0 radical (unpaired) electrons. The molecular weight excluding hydrogens is 819 g/mol. The molecule has 0 amide bonds. The number of fused-ring (bicyclic) bond motifs is 1. The quantitative estimate of drug-likeness (QED) is 0.0216. The number of nitrogens with zero attached hydrogens (tertiary/aromatic N) is 4. The molecule has 26 heteroatoms. The molecule has 0 saturated heterocycles. The van der Waals surface area contributed by atoms with Crippen molar-refractivity contribution in [1.82, 2.24) is 0 Å². The topological polar surface area (TPSA) is 323 Å². The van der Waals surface area contributed by atoms with E-state index in [1.54, 1.807) is 13.0 Å². The summed E-state index contributed by atoms with van der Waals surface area (Å²) in [4.78, 5) is -1.51. The number of anilines is 1. The third-order valence-electron chi connectivity index (χ3n) is 7.34. The fourth-order valence-corrected chi connectivity index (χ4v) is 7.70. The van der Waals surface area contributed by atoms with Crippen LogP contribution in [0.15, 0.2) is 71.5 Å². The second-order valence-electron chi connectivity index (χ2n) is 10.6. The molecule has 0 aliphatic carbocycles. The van der Waals surface area contributed by atoms with Gasteiger partial charge in [0.15, 0.2) is 15.6 Å². The molecule has 22 nitrogen and oxygen atoms in total. The number of azo groups is 2. The summed E-state index contributed by atoms with van der Waals surface area (Å²) in [7, 11) is -9.37. The summed E-state index contributed by atoms with van der Waals surface area (Å²) in [6.07, 6.45) is 0. The molecule has 4 aromatic rings. The zero-order valence-corrected chi connectivity index (χ0v) is 32.2. The van der Waals surface area contributed by atoms with Crippen molar-refractivity contribution in [3.05, 3.63) is 42.0 Å². The number of hydrogen-bond acceptors (Lipinski definition) is 21. The molecule has 298 valence electrons. The zero-order chi connectivity index (χ0) is 40.9. The second-order valence-corrected chi connectivity index (χ2v) is 15.9. The van der Waals surface area contributed by atoms with Crippen molar-refractivity contribution in [1.29, 1.82) is 0 Å². The molecule has 0 heterocycles. The van der Waals surface area contributed by atoms with Crippen molar-refractivity contribution in [2.24, 2.45) is 20.5 Å². The standard InChI is InChI=1S/C29H31N5O17S4/c1-14-8-19(46-3)16(11-18(14)45-2)31-33-27-22(52-51-50-36)9-15-10-24(54(39,40)41)28(26(30)25(15)29(27)35)34-32-17-12-21(48-5)23(13-20(17)47-4)53(37,38)7-6-49-55(42,43)44/h8-13,35-36H,6-7,30H2,1-5H3,(H,39,40,41)(H,42,43,44). The smallest absolute Gasteiger partial charge is 0.397 e. The summed E-state index contributed by atoms with van der Waals surface area (Å²) >= 11 is 0.328. The second kappa shape index (κ2) is 17.3. The molecule has 0 unspecified atom stereocenters. The maximum absolute atomic E-state index is 13.0. The van der Waals surface area contributed by atoms with E-state index in [1.165, 1.54) is 26.4 Å². The maximum Gasteiger partial charge on any atom is 0.397 e. The summed E-state index contributed by atoms with van der Waals surface area (Å²) in [5.74, 6) is -1.56. The number of phenolic OH excluding ortho intramolecular Hbond substituents is 1. The first-order chi connectivity index (χ1) is 25.8. The van der Waals surface area contributed by atoms with Crippen LogP contribution in [0.1, 0.15) is 5.56 Å². The number of aryl methyl sites for hydroxylation is 1. The number of hydrogen-bond donors (Lipinski definition) is 5. The molecule has 0 aromatic heterocycles. The molecule has 0 bridgehead atoms. The molecule has 0 aliphatic heterocycles. The molecule has 0 atom stereocenters. The Kier molecular flexibility index (Phi) is 13.5. The van der Waals surface area contributed by atoms with E-state index >= 15 is 0 Å². The third kappa shape index (κ3) is 9.86. The van der Waals surface area contributed by atoms with E-state index in [1.807, 2.05) is 0 Å². The lowest BCUT2D eigenvalue weighted by atomic mass is 10.1. The molecule has 4 rings (SSSR count). The van der Waals surface area contributed by atoms with Crippen molar-refractivity contribution < 1.29 is 77.2 Å². The molecule has 6 N–H and O–H groups in total. The van der Waals surface area contributed by atoms with E-state index in [4.69, 9.17) is 34.5 Å². The van der Waals surface area contributed by atoms with Gasteiger partial charge in [-0.3, -0.25) is 9.11 Å². The molecule has 0 aliphatic rings. The highest BCUT2D eigenvalue weighted by Crippen LogP contribution is 2.50. The Bertz CT molecular complexity index is 2510. The predicted molar refractivity (Wildman–Crippen MR) is 192 cm³/mol. The largest absolute Gasteiger partial charge is 0.505 e. The van der Waals surface area contributed by atoms with Gasteiger partial charge in [0.25, 0.3) is 10.1 Å². The minimum Gasteiger partial charge on any atom is -0.505 e. The van der Waals surface area contributed by atoms with Crippen molar-refractivity contribution >= 4 is 81.6 Å². The summed E-state index contributed by atoms with van der Waals surface area (Å²) in [5.41, 5.74) is 5.39. The summed E-state index contributed by atoms with van der Waals surface area (Å²) < 4.78 is 122. The molecule has 55 heavy (non-hydrogen) atoms. The van der Waals surface area contributed by atoms with Crippen LogP contribution in [0, 0.1) is 6.92 Å². The number of nitrogens with two attached hydrogens (primary N) is 1. The van der Waals surface area contributed by atoms with Crippen LogP contribution in [0.2, 0.25) is 0 Å². The summed E-state index contributed by atoms with van der Waals surface area (Å²) in [6, 6.07) is 7.20. The van der Waals surface area contributed by atoms with E-state index in [-0.39, 0.29) is 50.0 Å². The fourth-order valence-electron chi connectivity index (χ4n) is 4.88. The van der Waals surface area contributed by atoms with E-state index < -0.39 is 69.6 Å². The number of nitrogen functional groups attached to an aromatic ring is 1. The van der Waals surface area contributed by atoms with Gasteiger partial charge in [0.05, 0.1) is 68.8 Å². The van der Waals surface area contributed by atoms with Gasteiger partial charge >= 0.3 is 10.4 Å². The lowest BCUT2D eigenvalue weighted by molar-refractivity contribution is -0.432. The number of rotatable bonds is 17. The van der Waals surface area contributed by atoms with E-state index in [2.05, 4.69) is 34.0 Å². The van der Waals surface area contributed by atoms with Crippen molar-refractivity contribution in [2.45, 2.75) is 21.6 Å². The normalized spacial score (nSPS) is 12.5. The predicted octanol–water partition coefficient (Wildman–Crippen LogP) is 5.57. The van der Waals surface area contributed by atoms with E-state index in [0.29, 0.717) is 23.4 Å². The highest BCUT2D eigenvalue weighted by molar-refractivity contribution is 7.94. The first-order valence-corrected chi connectivity index (χ1v) is 19.9. The molecule has 0 saturated carbocycles. The van der Waals surface area contributed by atoms with Crippen LogP contribution in [-0.2, 0) is 43.9 Å². The van der Waals surface area contributed by atoms with Crippen LogP contribution >= 0.6 is 12.0 Å².